The highest BCUT2D eigenvalue weighted by Crippen LogP contribution is 2.14. The van der Waals surface area contributed by atoms with E-state index in [0.29, 0.717) is 0 Å². The Morgan fingerprint density at radius 1 is 1.41 bits per heavy atom. The molecule has 0 aliphatic heterocycles. The molecule has 2 unspecified atom stereocenters. The van der Waals surface area contributed by atoms with E-state index < -0.39 is 23.9 Å². The molecule has 0 rings (SSSR count). The molecule has 2 atom stereocenters. The van der Waals surface area contributed by atoms with Crippen LogP contribution in [0.25, 0.3) is 0 Å². The number of hydrogen-bond donors (Lipinski definition) is 2. The Bertz CT molecular complexity index is 239. The van der Waals surface area contributed by atoms with Crippen molar-refractivity contribution in [3.8, 4) is 0 Å². The molecule has 0 spiro atoms. The van der Waals surface area contributed by atoms with Crippen molar-refractivity contribution in [2.45, 2.75) is 58.9 Å². The van der Waals surface area contributed by atoms with Gasteiger partial charge < -0.3 is 15.8 Å². The standard InChI is InChI=1S/C12H25FN2O2/c1-8(2)10(9(13)6-7-14)15-11(16)17-12(3,4)5/h8-10H,6-7,14H2,1-5H3,(H,15,16). The number of amides is 1. The summed E-state index contributed by atoms with van der Waals surface area (Å²) < 4.78 is 18.9. The van der Waals surface area contributed by atoms with Gasteiger partial charge in [-0.05, 0) is 39.7 Å². The van der Waals surface area contributed by atoms with Crippen molar-refractivity contribution in [1.29, 1.82) is 0 Å². The molecule has 4 nitrogen and oxygen atoms in total. The third-order valence-electron chi connectivity index (χ3n) is 2.23. The van der Waals surface area contributed by atoms with Crippen molar-refractivity contribution in [2.24, 2.45) is 11.7 Å². The molecular weight excluding hydrogens is 223 g/mol. The molecule has 0 radical (unpaired) electrons. The highest BCUT2D eigenvalue weighted by atomic mass is 19.1. The Labute approximate surface area is 103 Å². The molecule has 17 heavy (non-hydrogen) atoms. The van der Waals surface area contributed by atoms with Crippen molar-refractivity contribution in [3.63, 3.8) is 0 Å². The van der Waals surface area contributed by atoms with E-state index >= 15 is 0 Å². The topological polar surface area (TPSA) is 64.3 Å². The van der Waals surface area contributed by atoms with Crippen LogP contribution in [0.5, 0.6) is 0 Å². The quantitative estimate of drug-likeness (QED) is 0.784. The second-order valence-electron chi connectivity index (χ2n) is 5.51. The summed E-state index contributed by atoms with van der Waals surface area (Å²) in [6.45, 7) is 9.27. The molecule has 0 aliphatic rings. The van der Waals surface area contributed by atoms with E-state index in [1.165, 1.54) is 0 Å². The van der Waals surface area contributed by atoms with Crippen LogP contribution in [0.3, 0.4) is 0 Å². The lowest BCUT2D eigenvalue weighted by Gasteiger charge is -2.27. The van der Waals surface area contributed by atoms with E-state index in [1.807, 2.05) is 13.8 Å². The Morgan fingerprint density at radius 3 is 2.29 bits per heavy atom. The molecule has 3 N–H and O–H groups in total. The van der Waals surface area contributed by atoms with Crippen molar-refractivity contribution in [1.82, 2.24) is 5.32 Å². The summed E-state index contributed by atoms with van der Waals surface area (Å²) in [7, 11) is 0. The maximum absolute atomic E-state index is 13.8. The minimum atomic E-state index is -1.15. The number of carbonyl (C=O) groups is 1. The van der Waals surface area contributed by atoms with E-state index in [0.717, 1.165) is 0 Å². The molecule has 0 bridgehead atoms. The highest BCUT2D eigenvalue weighted by Gasteiger charge is 2.27. The predicted octanol–water partition coefficient (Wildman–Crippen LogP) is 2.22. The number of ether oxygens (including phenoxy) is 1. The van der Waals surface area contributed by atoms with Crippen LogP contribution in [0.4, 0.5) is 9.18 Å². The zero-order chi connectivity index (χ0) is 13.6. The smallest absolute Gasteiger partial charge is 0.407 e. The summed E-state index contributed by atoms with van der Waals surface area (Å²) in [6, 6.07) is -0.562. The molecule has 0 heterocycles. The van der Waals surface area contributed by atoms with Gasteiger partial charge in [0.05, 0.1) is 6.04 Å². The molecule has 0 aromatic rings. The average molecular weight is 248 g/mol. The second kappa shape index (κ2) is 6.79. The van der Waals surface area contributed by atoms with Gasteiger partial charge in [0.15, 0.2) is 0 Å². The van der Waals surface area contributed by atoms with E-state index in [9.17, 15) is 9.18 Å². The maximum Gasteiger partial charge on any atom is 0.407 e. The van der Waals surface area contributed by atoms with Gasteiger partial charge in [0, 0.05) is 0 Å². The summed E-state index contributed by atoms with van der Waals surface area (Å²) in [4.78, 5) is 11.6. The number of hydrogen-bond acceptors (Lipinski definition) is 3. The molecule has 0 fully saturated rings. The summed E-state index contributed by atoms with van der Waals surface area (Å²) in [5.74, 6) is -0.0101. The molecule has 102 valence electrons. The number of alkyl carbamates (subject to hydrolysis) is 1. The van der Waals surface area contributed by atoms with Gasteiger partial charge >= 0.3 is 6.09 Å². The average Bonchev–Trinajstić information content (AvgIpc) is 2.11. The fourth-order valence-electron chi connectivity index (χ4n) is 1.46. The van der Waals surface area contributed by atoms with Crippen LogP contribution in [-0.4, -0.2) is 30.5 Å². The summed E-state index contributed by atoms with van der Waals surface area (Å²) in [5.41, 5.74) is 4.74. The first-order valence-electron chi connectivity index (χ1n) is 6.01. The lowest BCUT2D eigenvalue weighted by atomic mass is 9.97. The van der Waals surface area contributed by atoms with Crippen LogP contribution in [0.15, 0.2) is 0 Å². The van der Waals surface area contributed by atoms with E-state index in [-0.39, 0.29) is 18.9 Å². The minimum absolute atomic E-state index is 0.0101. The van der Waals surface area contributed by atoms with Gasteiger partial charge in [0.2, 0.25) is 0 Å². The lowest BCUT2D eigenvalue weighted by molar-refractivity contribution is 0.0446. The monoisotopic (exact) mass is 248 g/mol. The third-order valence-corrected chi connectivity index (χ3v) is 2.23. The first-order chi connectivity index (χ1) is 7.67. The van der Waals surface area contributed by atoms with Gasteiger partial charge in [0.1, 0.15) is 11.8 Å². The van der Waals surface area contributed by atoms with Crippen LogP contribution in [0.2, 0.25) is 0 Å². The Morgan fingerprint density at radius 2 is 1.94 bits per heavy atom. The van der Waals surface area contributed by atoms with E-state index in [1.54, 1.807) is 20.8 Å². The van der Waals surface area contributed by atoms with Gasteiger partial charge in [-0.2, -0.15) is 0 Å². The van der Waals surface area contributed by atoms with Crippen LogP contribution in [0.1, 0.15) is 41.0 Å². The Kier molecular flexibility index (Phi) is 6.45. The number of rotatable bonds is 5. The highest BCUT2D eigenvalue weighted by molar-refractivity contribution is 5.68. The summed E-state index contributed by atoms with van der Waals surface area (Å²) in [5, 5.41) is 2.57. The molecular formula is C12H25FN2O2. The van der Waals surface area contributed by atoms with Crippen LogP contribution in [0, 0.1) is 5.92 Å². The van der Waals surface area contributed by atoms with Gasteiger partial charge in [-0.15, -0.1) is 0 Å². The van der Waals surface area contributed by atoms with Gasteiger partial charge in [-0.1, -0.05) is 13.8 Å². The number of carbonyl (C=O) groups excluding carboxylic acids is 1. The number of nitrogens with two attached hydrogens (primary N) is 1. The Hall–Kier alpha value is -0.840. The number of halogens is 1. The van der Waals surface area contributed by atoms with Crippen LogP contribution in [-0.2, 0) is 4.74 Å². The van der Waals surface area contributed by atoms with Gasteiger partial charge in [0.25, 0.3) is 0 Å². The third kappa shape index (κ3) is 7.15. The van der Waals surface area contributed by atoms with Gasteiger partial charge in [-0.3, -0.25) is 0 Å². The molecule has 0 aromatic heterocycles. The fraction of sp³-hybridized carbons (Fsp3) is 0.917. The predicted molar refractivity (Wildman–Crippen MR) is 66.6 cm³/mol. The van der Waals surface area contributed by atoms with Crippen molar-refractivity contribution >= 4 is 6.09 Å². The largest absolute Gasteiger partial charge is 0.444 e. The molecule has 0 aliphatic carbocycles. The minimum Gasteiger partial charge on any atom is -0.444 e. The van der Waals surface area contributed by atoms with Crippen molar-refractivity contribution < 1.29 is 13.9 Å². The van der Waals surface area contributed by atoms with E-state index in [4.69, 9.17) is 10.5 Å². The molecule has 0 saturated heterocycles. The zero-order valence-corrected chi connectivity index (χ0v) is 11.4. The number of alkyl halides is 1. The SMILES string of the molecule is CC(C)C(NC(=O)OC(C)(C)C)C(F)CCN. The zero-order valence-electron chi connectivity index (χ0n) is 11.4. The molecule has 0 saturated carbocycles. The molecule has 0 aromatic carbocycles. The first-order valence-corrected chi connectivity index (χ1v) is 6.01. The van der Waals surface area contributed by atoms with E-state index in [2.05, 4.69) is 5.32 Å². The number of nitrogens with one attached hydrogen (secondary N) is 1. The second-order valence-corrected chi connectivity index (χ2v) is 5.51. The molecule has 1 amide bonds. The molecule has 5 heteroatoms. The first kappa shape index (κ1) is 16.2. The fourth-order valence-corrected chi connectivity index (χ4v) is 1.46. The van der Waals surface area contributed by atoms with Crippen molar-refractivity contribution in [3.05, 3.63) is 0 Å². The Balaban J connectivity index is 4.40. The lowest BCUT2D eigenvalue weighted by Crippen LogP contribution is -2.47. The maximum atomic E-state index is 13.8. The normalized spacial score (nSPS) is 15.5. The van der Waals surface area contributed by atoms with Crippen LogP contribution >= 0.6 is 0 Å². The summed E-state index contributed by atoms with van der Waals surface area (Å²) >= 11 is 0. The van der Waals surface area contributed by atoms with Crippen molar-refractivity contribution in [2.75, 3.05) is 6.54 Å². The summed E-state index contributed by atoms with van der Waals surface area (Å²) in [6.07, 6.45) is -1.50. The van der Waals surface area contributed by atoms with Crippen LogP contribution < -0.4 is 11.1 Å². The van der Waals surface area contributed by atoms with Gasteiger partial charge in [-0.25, -0.2) is 9.18 Å².